The second-order valence-electron chi connectivity index (χ2n) is 8.64. The molecule has 31 heavy (non-hydrogen) atoms. The van der Waals surface area contributed by atoms with Crippen molar-refractivity contribution in [2.75, 3.05) is 13.3 Å². The average Bonchev–Trinajstić information content (AvgIpc) is 3.31. The molecule has 0 atom stereocenters. The van der Waals surface area contributed by atoms with Crippen molar-refractivity contribution in [3.8, 4) is 11.5 Å². The number of furan rings is 1. The standard InChI is InChI=1S/C24H30N2O5/c1-16(2)26(24(28)19-5-4-6-19)14-23(27)25(13-20-9-7-17(3)31-20)12-18-8-10-21-22(11-18)30-15-29-21/h7-11,16,19H,4-6,12-15H2,1-3H3. The van der Waals surface area contributed by atoms with Crippen LogP contribution in [-0.2, 0) is 22.7 Å². The van der Waals surface area contributed by atoms with Gasteiger partial charge in [0.25, 0.3) is 0 Å². The van der Waals surface area contributed by atoms with E-state index >= 15 is 0 Å². The minimum Gasteiger partial charge on any atom is -0.464 e. The molecule has 166 valence electrons. The first kappa shape index (κ1) is 21.3. The zero-order valence-corrected chi connectivity index (χ0v) is 18.4. The minimum atomic E-state index is -0.104. The molecule has 2 amide bonds. The van der Waals surface area contributed by atoms with Crippen LogP contribution < -0.4 is 9.47 Å². The Morgan fingerprint density at radius 3 is 2.48 bits per heavy atom. The molecule has 0 N–H and O–H groups in total. The highest BCUT2D eigenvalue weighted by molar-refractivity contribution is 5.86. The van der Waals surface area contributed by atoms with E-state index in [0.717, 1.165) is 30.6 Å². The summed E-state index contributed by atoms with van der Waals surface area (Å²) in [5, 5.41) is 0. The molecular weight excluding hydrogens is 396 g/mol. The summed E-state index contributed by atoms with van der Waals surface area (Å²) in [7, 11) is 0. The number of hydrogen-bond acceptors (Lipinski definition) is 5. The van der Waals surface area contributed by atoms with Crippen LogP contribution in [0.5, 0.6) is 11.5 Å². The van der Waals surface area contributed by atoms with Crippen molar-refractivity contribution in [2.24, 2.45) is 5.92 Å². The van der Waals surface area contributed by atoms with Crippen molar-refractivity contribution in [1.82, 2.24) is 9.80 Å². The van der Waals surface area contributed by atoms with E-state index in [0.29, 0.717) is 30.3 Å². The van der Waals surface area contributed by atoms with Gasteiger partial charge in [-0.3, -0.25) is 9.59 Å². The summed E-state index contributed by atoms with van der Waals surface area (Å²) < 4.78 is 16.6. The van der Waals surface area contributed by atoms with Crippen LogP contribution in [0.4, 0.5) is 0 Å². The van der Waals surface area contributed by atoms with Gasteiger partial charge in [-0.2, -0.15) is 0 Å². The first-order valence-electron chi connectivity index (χ1n) is 10.9. The Morgan fingerprint density at radius 1 is 1.06 bits per heavy atom. The summed E-state index contributed by atoms with van der Waals surface area (Å²) in [5.41, 5.74) is 0.933. The second kappa shape index (κ2) is 9.04. The first-order chi connectivity index (χ1) is 14.9. The third-order valence-corrected chi connectivity index (χ3v) is 5.97. The third kappa shape index (κ3) is 4.86. The molecule has 1 fully saturated rings. The number of aryl methyl sites for hydroxylation is 1. The third-order valence-electron chi connectivity index (χ3n) is 5.97. The predicted molar refractivity (Wildman–Crippen MR) is 114 cm³/mol. The van der Waals surface area contributed by atoms with Gasteiger partial charge in [-0.05, 0) is 63.4 Å². The molecule has 4 rings (SSSR count). The van der Waals surface area contributed by atoms with Gasteiger partial charge in [0, 0.05) is 18.5 Å². The Bertz CT molecular complexity index is 947. The van der Waals surface area contributed by atoms with Crippen molar-refractivity contribution in [3.05, 3.63) is 47.4 Å². The van der Waals surface area contributed by atoms with Crippen LogP contribution in [0.25, 0.3) is 0 Å². The highest BCUT2D eigenvalue weighted by Gasteiger charge is 2.32. The van der Waals surface area contributed by atoms with Crippen LogP contribution in [0.1, 0.15) is 50.2 Å². The molecule has 2 aromatic rings. The number of ether oxygens (including phenoxy) is 2. The van der Waals surface area contributed by atoms with Crippen LogP contribution in [0.2, 0.25) is 0 Å². The molecular formula is C24H30N2O5. The van der Waals surface area contributed by atoms with Crippen LogP contribution in [0.3, 0.4) is 0 Å². The van der Waals surface area contributed by atoms with Crippen molar-refractivity contribution >= 4 is 11.8 Å². The highest BCUT2D eigenvalue weighted by Crippen LogP contribution is 2.33. The van der Waals surface area contributed by atoms with Crippen molar-refractivity contribution < 1.29 is 23.5 Å². The Balaban J connectivity index is 1.52. The van der Waals surface area contributed by atoms with E-state index in [1.165, 1.54) is 0 Å². The molecule has 1 aromatic heterocycles. The molecule has 0 saturated heterocycles. The van der Waals surface area contributed by atoms with Gasteiger partial charge in [0.2, 0.25) is 18.6 Å². The lowest BCUT2D eigenvalue weighted by Crippen LogP contribution is -2.48. The molecule has 7 nitrogen and oxygen atoms in total. The summed E-state index contributed by atoms with van der Waals surface area (Å²) >= 11 is 0. The molecule has 1 aromatic carbocycles. The normalized spacial score (nSPS) is 15.1. The van der Waals surface area contributed by atoms with Crippen LogP contribution >= 0.6 is 0 Å². The molecule has 0 unspecified atom stereocenters. The molecule has 0 radical (unpaired) electrons. The number of amides is 2. The van der Waals surface area contributed by atoms with E-state index in [-0.39, 0.29) is 37.1 Å². The second-order valence-corrected chi connectivity index (χ2v) is 8.64. The number of rotatable bonds is 8. The monoisotopic (exact) mass is 426 g/mol. The summed E-state index contributed by atoms with van der Waals surface area (Å²) in [4.78, 5) is 29.7. The number of fused-ring (bicyclic) bond motifs is 1. The van der Waals surface area contributed by atoms with Gasteiger partial charge in [0.15, 0.2) is 11.5 Å². The lowest BCUT2D eigenvalue weighted by Gasteiger charge is -2.35. The summed E-state index contributed by atoms with van der Waals surface area (Å²) in [6.07, 6.45) is 2.93. The number of nitrogens with zero attached hydrogens (tertiary/aromatic N) is 2. The van der Waals surface area contributed by atoms with Gasteiger partial charge in [-0.15, -0.1) is 0 Å². The molecule has 0 spiro atoms. The summed E-state index contributed by atoms with van der Waals surface area (Å²) in [5.74, 6) is 2.95. The van der Waals surface area contributed by atoms with Gasteiger partial charge in [-0.1, -0.05) is 12.5 Å². The number of hydrogen-bond donors (Lipinski definition) is 0. The maximum absolute atomic E-state index is 13.4. The first-order valence-corrected chi connectivity index (χ1v) is 10.9. The summed E-state index contributed by atoms with van der Waals surface area (Å²) in [6.45, 7) is 6.80. The maximum atomic E-state index is 13.4. The van der Waals surface area contributed by atoms with Crippen molar-refractivity contribution in [1.29, 1.82) is 0 Å². The Labute approximate surface area is 182 Å². The Morgan fingerprint density at radius 2 is 1.84 bits per heavy atom. The molecule has 2 aliphatic rings. The van der Waals surface area contributed by atoms with Gasteiger partial charge in [0.05, 0.1) is 6.54 Å². The van der Waals surface area contributed by atoms with Gasteiger partial charge in [0.1, 0.15) is 18.1 Å². The fraction of sp³-hybridized carbons (Fsp3) is 0.500. The topological polar surface area (TPSA) is 72.2 Å². The van der Waals surface area contributed by atoms with E-state index < -0.39 is 0 Å². The Kier molecular flexibility index (Phi) is 6.20. The van der Waals surface area contributed by atoms with Crippen molar-refractivity contribution in [2.45, 2.75) is 59.2 Å². The molecule has 7 heteroatoms. The average molecular weight is 427 g/mol. The predicted octanol–water partition coefficient (Wildman–Crippen LogP) is 3.88. The summed E-state index contributed by atoms with van der Waals surface area (Å²) in [6, 6.07) is 9.43. The smallest absolute Gasteiger partial charge is 0.242 e. The minimum absolute atomic E-state index is 0.0321. The molecule has 0 bridgehead atoms. The van der Waals surface area contributed by atoms with Gasteiger partial charge < -0.3 is 23.7 Å². The molecule has 1 aliphatic heterocycles. The maximum Gasteiger partial charge on any atom is 0.242 e. The largest absolute Gasteiger partial charge is 0.464 e. The van der Waals surface area contributed by atoms with Crippen LogP contribution in [0.15, 0.2) is 34.7 Å². The molecule has 1 aliphatic carbocycles. The fourth-order valence-corrected chi connectivity index (χ4v) is 3.90. The fourth-order valence-electron chi connectivity index (χ4n) is 3.90. The SMILES string of the molecule is Cc1ccc(CN(Cc2ccc3c(c2)OCO3)C(=O)CN(C(=O)C2CCC2)C(C)C)o1. The zero-order chi connectivity index (χ0) is 22.0. The Hall–Kier alpha value is -2.96. The van der Waals surface area contributed by atoms with E-state index in [1.807, 2.05) is 51.1 Å². The number of carbonyl (C=O) groups excluding carboxylic acids is 2. The van der Waals surface area contributed by atoms with E-state index in [4.69, 9.17) is 13.9 Å². The quantitative estimate of drug-likeness (QED) is 0.641. The van der Waals surface area contributed by atoms with Gasteiger partial charge in [-0.25, -0.2) is 0 Å². The van der Waals surface area contributed by atoms with Crippen LogP contribution in [0, 0.1) is 12.8 Å². The lowest BCUT2D eigenvalue weighted by molar-refractivity contribution is -0.147. The van der Waals surface area contributed by atoms with E-state index in [9.17, 15) is 9.59 Å². The van der Waals surface area contributed by atoms with E-state index in [1.54, 1.807) is 9.80 Å². The highest BCUT2D eigenvalue weighted by atomic mass is 16.7. The molecule has 1 saturated carbocycles. The van der Waals surface area contributed by atoms with Crippen molar-refractivity contribution in [3.63, 3.8) is 0 Å². The molecule has 2 heterocycles. The van der Waals surface area contributed by atoms with Crippen LogP contribution in [-0.4, -0.2) is 41.0 Å². The lowest BCUT2D eigenvalue weighted by atomic mass is 9.84. The van der Waals surface area contributed by atoms with Gasteiger partial charge >= 0.3 is 0 Å². The van der Waals surface area contributed by atoms with E-state index in [2.05, 4.69) is 0 Å². The number of benzene rings is 1. The number of carbonyl (C=O) groups is 2. The zero-order valence-electron chi connectivity index (χ0n) is 18.4.